The van der Waals surface area contributed by atoms with E-state index < -0.39 is 0 Å². The second kappa shape index (κ2) is 6.66. The minimum atomic E-state index is 0.0873. The Hall–Kier alpha value is -1.61. The van der Waals surface area contributed by atoms with E-state index in [1.165, 1.54) is 43.7 Å². The second-order valence-corrected chi connectivity index (χ2v) is 6.66. The lowest BCUT2D eigenvalue weighted by atomic mass is 9.78. The highest BCUT2D eigenvalue weighted by Gasteiger charge is 2.42. The molecule has 1 spiro atoms. The Morgan fingerprint density at radius 3 is 2.55 bits per heavy atom. The second-order valence-electron chi connectivity index (χ2n) is 6.66. The van der Waals surface area contributed by atoms with Gasteiger partial charge in [0.05, 0.1) is 0 Å². The predicted octanol–water partition coefficient (Wildman–Crippen LogP) is 3.22. The van der Waals surface area contributed by atoms with Crippen LogP contribution in [0.15, 0.2) is 43.0 Å². The van der Waals surface area contributed by atoms with Crippen LogP contribution in [0.1, 0.15) is 37.7 Å². The maximum absolute atomic E-state index is 12.0. The molecule has 1 amide bonds. The van der Waals surface area contributed by atoms with E-state index in [9.17, 15) is 4.79 Å². The van der Waals surface area contributed by atoms with E-state index in [2.05, 4.69) is 41.8 Å². The third-order valence-electron chi connectivity index (χ3n) is 5.28. The third-order valence-corrected chi connectivity index (χ3v) is 5.28. The van der Waals surface area contributed by atoms with Gasteiger partial charge in [-0.1, -0.05) is 56.2 Å². The standard InChI is InChI=1S/C19H26N2O/c1-2-18(22)20-13-14-21(15-17-9-5-3-6-10-17)19(16-20)11-7-4-8-12-19/h2-3,5-6,9-10H,1,4,7-8,11-16H2. The highest BCUT2D eigenvalue weighted by molar-refractivity contribution is 5.87. The largest absolute Gasteiger partial charge is 0.336 e. The average Bonchev–Trinajstić information content (AvgIpc) is 2.58. The van der Waals surface area contributed by atoms with Crippen molar-refractivity contribution in [1.82, 2.24) is 9.80 Å². The Balaban J connectivity index is 1.79. The first-order chi connectivity index (χ1) is 10.7. The summed E-state index contributed by atoms with van der Waals surface area (Å²) in [6.07, 6.45) is 7.77. The zero-order valence-corrected chi connectivity index (χ0v) is 13.3. The van der Waals surface area contributed by atoms with Gasteiger partial charge in [-0.15, -0.1) is 0 Å². The van der Waals surface area contributed by atoms with E-state index in [-0.39, 0.29) is 11.4 Å². The molecule has 1 aliphatic heterocycles. The van der Waals surface area contributed by atoms with Gasteiger partial charge in [-0.05, 0) is 24.5 Å². The summed E-state index contributed by atoms with van der Waals surface area (Å²) in [5, 5.41) is 0. The van der Waals surface area contributed by atoms with Crippen LogP contribution in [0.5, 0.6) is 0 Å². The van der Waals surface area contributed by atoms with Crippen molar-refractivity contribution in [3.8, 4) is 0 Å². The zero-order chi connectivity index (χ0) is 15.4. The maximum Gasteiger partial charge on any atom is 0.246 e. The molecule has 1 heterocycles. The molecule has 0 bridgehead atoms. The number of amides is 1. The van der Waals surface area contributed by atoms with Crippen LogP contribution in [0, 0.1) is 0 Å². The number of nitrogens with zero attached hydrogens (tertiary/aromatic N) is 2. The smallest absolute Gasteiger partial charge is 0.246 e. The first-order valence-corrected chi connectivity index (χ1v) is 8.44. The van der Waals surface area contributed by atoms with Crippen molar-refractivity contribution in [3.05, 3.63) is 48.6 Å². The van der Waals surface area contributed by atoms with Crippen molar-refractivity contribution in [2.45, 2.75) is 44.2 Å². The zero-order valence-electron chi connectivity index (χ0n) is 13.3. The van der Waals surface area contributed by atoms with Crippen molar-refractivity contribution < 1.29 is 4.79 Å². The maximum atomic E-state index is 12.0. The predicted molar refractivity (Wildman–Crippen MR) is 89.4 cm³/mol. The van der Waals surface area contributed by atoms with Crippen LogP contribution < -0.4 is 0 Å². The molecule has 22 heavy (non-hydrogen) atoms. The molecule has 2 fully saturated rings. The molecule has 1 aromatic carbocycles. The van der Waals surface area contributed by atoms with Gasteiger partial charge < -0.3 is 4.90 Å². The highest BCUT2D eigenvalue weighted by atomic mass is 16.2. The summed E-state index contributed by atoms with van der Waals surface area (Å²) < 4.78 is 0. The lowest BCUT2D eigenvalue weighted by Crippen LogP contribution is -2.63. The van der Waals surface area contributed by atoms with Gasteiger partial charge in [-0.2, -0.15) is 0 Å². The van der Waals surface area contributed by atoms with E-state index in [4.69, 9.17) is 0 Å². The van der Waals surface area contributed by atoms with Crippen molar-refractivity contribution in [2.75, 3.05) is 19.6 Å². The van der Waals surface area contributed by atoms with Crippen LogP contribution in [0.3, 0.4) is 0 Å². The first-order valence-electron chi connectivity index (χ1n) is 8.44. The van der Waals surface area contributed by atoms with Crippen molar-refractivity contribution in [3.63, 3.8) is 0 Å². The summed E-state index contributed by atoms with van der Waals surface area (Å²) in [5.41, 5.74) is 1.54. The van der Waals surface area contributed by atoms with E-state index >= 15 is 0 Å². The van der Waals surface area contributed by atoms with Crippen molar-refractivity contribution in [2.24, 2.45) is 0 Å². The number of carbonyl (C=O) groups excluding carboxylic acids is 1. The highest BCUT2D eigenvalue weighted by Crippen LogP contribution is 2.37. The van der Waals surface area contributed by atoms with Gasteiger partial charge in [0.1, 0.15) is 0 Å². The van der Waals surface area contributed by atoms with Crippen LogP contribution in [0.25, 0.3) is 0 Å². The topological polar surface area (TPSA) is 23.6 Å². The summed E-state index contributed by atoms with van der Waals surface area (Å²) in [5.74, 6) is 0.0873. The van der Waals surface area contributed by atoms with Crippen molar-refractivity contribution >= 4 is 5.91 Å². The van der Waals surface area contributed by atoms with Gasteiger partial charge in [0, 0.05) is 31.7 Å². The quantitative estimate of drug-likeness (QED) is 0.800. The third kappa shape index (κ3) is 3.09. The summed E-state index contributed by atoms with van der Waals surface area (Å²) in [4.78, 5) is 16.7. The van der Waals surface area contributed by atoms with E-state index in [1.54, 1.807) is 0 Å². The fourth-order valence-electron chi connectivity index (χ4n) is 4.06. The first kappa shape index (κ1) is 15.3. The molecule has 3 heteroatoms. The minimum Gasteiger partial charge on any atom is -0.336 e. The van der Waals surface area contributed by atoms with Gasteiger partial charge in [0.2, 0.25) is 5.91 Å². The molecule has 1 saturated heterocycles. The van der Waals surface area contributed by atoms with Crippen LogP contribution in [-0.2, 0) is 11.3 Å². The Kier molecular flexibility index (Phi) is 4.63. The van der Waals surface area contributed by atoms with Crippen LogP contribution in [-0.4, -0.2) is 40.9 Å². The molecule has 2 aliphatic rings. The molecule has 0 radical (unpaired) electrons. The molecule has 0 N–H and O–H groups in total. The van der Waals surface area contributed by atoms with Gasteiger partial charge in [-0.25, -0.2) is 0 Å². The monoisotopic (exact) mass is 298 g/mol. The molecular weight excluding hydrogens is 272 g/mol. The average molecular weight is 298 g/mol. The number of rotatable bonds is 3. The fraction of sp³-hybridized carbons (Fsp3) is 0.526. The van der Waals surface area contributed by atoms with Crippen LogP contribution in [0.2, 0.25) is 0 Å². The molecule has 0 unspecified atom stereocenters. The summed E-state index contributed by atoms with van der Waals surface area (Å²) in [6.45, 7) is 7.30. The fourth-order valence-corrected chi connectivity index (χ4v) is 4.06. The summed E-state index contributed by atoms with van der Waals surface area (Å²) in [6, 6.07) is 10.7. The summed E-state index contributed by atoms with van der Waals surface area (Å²) in [7, 11) is 0. The number of benzene rings is 1. The van der Waals surface area contributed by atoms with Gasteiger partial charge in [0.15, 0.2) is 0 Å². The number of piperazine rings is 1. The number of hydrogen-bond donors (Lipinski definition) is 0. The van der Waals surface area contributed by atoms with Crippen LogP contribution in [0.4, 0.5) is 0 Å². The van der Waals surface area contributed by atoms with E-state index in [1.807, 2.05) is 4.90 Å². The van der Waals surface area contributed by atoms with Crippen molar-refractivity contribution in [1.29, 1.82) is 0 Å². The van der Waals surface area contributed by atoms with E-state index in [0.717, 1.165) is 26.2 Å². The normalized spacial score (nSPS) is 21.7. The van der Waals surface area contributed by atoms with E-state index in [0.29, 0.717) is 0 Å². The van der Waals surface area contributed by atoms with Crippen LogP contribution >= 0.6 is 0 Å². The molecule has 1 aliphatic carbocycles. The lowest BCUT2D eigenvalue weighted by molar-refractivity contribution is -0.133. The number of carbonyl (C=O) groups is 1. The van der Waals surface area contributed by atoms with Gasteiger partial charge in [0.25, 0.3) is 0 Å². The lowest BCUT2D eigenvalue weighted by Gasteiger charge is -2.53. The molecule has 0 aromatic heterocycles. The molecule has 0 atom stereocenters. The Labute approximate surface area is 133 Å². The van der Waals surface area contributed by atoms with Gasteiger partial charge >= 0.3 is 0 Å². The minimum absolute atomic E-state index is 0.0873. The molecule has 118 valence electrons. The SMILES string of the molecule is C=CC(=O)N1CCN(Cc2ccccc2)C2(CCCCC2)C1. The Morgan fingerprint density at radius 1 is 1.14 bits per heavy atom. The summed E-state index contributed by atoms with van der Waals surface area (Å²) >= 11 is 0. The molecule has 1 aromatic rings. The Morgan fingerprint density at radius 2 is 1.86 bits per heavy atom. The molecule has 3 rings (SSSR count). The molecule has 3 nitrogen and oxygen atoms in total. The Bertz CT molecular complexity index is 519. The molecule has 1 saturated carbocycles. The molecular formula is C19H26N2O. The number of hydrogen-bond acceptors (Lipinski definition) is 2. The van der Waals surface area contributed by atoms with Gasteiger partial charge in [-0.3, -0.25) is 9.69 Å².